The van der Waals surface area contributed by atoms with Gasteiger partial charge in [0.1, 0.15) is 11.4 Å². The SMILES string of the molecule is COc1ccc(-c2cn[nH]c2C=O)cc1. The highest BCUT2D eigenvalue weighted by molar-refractivity contribution is 5.84. The van der Waals surface area contributed by atoms with Crippen LogP contribution in [0.15, 0.2) is 30.5 Å². The number of aromatic nitrogens is 2. The Morgan fingerprint density at radius 1 is 1.33 bits per heavy atom. The molecule has 76 valence electrons. The van der Waals surface area contributed by atoms with E-state index in [0.29, 0.717) is 5.69 Å². The lowest BCUT2D eigenvalue weighted by atomic mass is 10.1. The summed E-state index contributed by atoms with van der Waals surface area (Å²) in [6.07, 6.45) is 2.39. The molecule has 0 fully saturated rings. The molecule has 1 heterocycles. The fourth-order valence-electron chi connectivity index (χ4n) is 1.39. The third-order valence-corrected chi connectivity index (χ3v) is 2.19. The van der Waals surface area contributed by atoms with Gasteiger partial charge in [0.05, 0.1) is 13.3 Å². The zero-order valence-electron chi connectivity index (χ0n) is 8.23. The van der Waals surface area contributed by atoms with Crippen molar-refractivity contribution in [2.75, 3.05) is 7.11 Å². The fourth-order valence-corrected chi connectivity index (χ4v) is 1.39. The smallest absolute Gasteiger partial charge is 0.168 e. The van der Waals surface area contributed by atoms with Gasteiger partial charge in [-0.3, -0.25) is 9.89 Å². The summed E-state index contributed by atoms with van der Waals surface area (Å²) in [6, 6.07) is 7.46. The maximum Gasteiger partial charge on any atom is 0.168 e. The predicted molar refractivity (Wildman–Crippen MR) is 56.0 cm³/mol. The van der Waals surface area contributed by atoms with Gasteiger partial charge in [0.2, 0.25) is 0 Å². The number of hydrogen-bond acceptors (Lipinski definition) is 3. The molecule has 15 heavy (non-hydrogen) atoms. The quantitative estimate of drug-likeness (QED) is 0.773. The second kappa shape index (κ2) is 3.96. The number of aldehydes is 1. The average Bonchev–Trinajstić information content (AvgIpc) is 2.77. The Morgan fingerprint density at radius 2 is 2.07 bits per heavy atom. The maximum atomic E-state index is 10.7. The van der Waals surface area contributed by atoms with Gasteiger partial charge in [-0.2, -0.15) is 5.10 Å². The predicted octanol–water partition coefficient (Wildman–Crippen LogP) is 1.90. The van der Waals surface area contributed by atoms with Crippen LogP contribution < -0.4 is 4.74 Å². The number of H-pyrrole nitrogens is 1. The molecule has 2 aromatic rings. The van der Waals surface area contributed by atoms with Crippen molar-refractivity contribution in [3.63, 3.8) is 0 Å². The largest absolute Gasteiger partial charge is 0.497 e. The highest BCUT2D eigenvalue weighted by atomic mass is 16.5. The van der Waals surface area contributed by atoms with Crippen LogP contribution in [0, 0.1) is 0 Å². The summed E-state index contributed by atoms with van der Waals surface area (Å²) in [5, 5.41) is 6.46. The van der Waals surface area contributed by atoms with Crippen LogP contribution in [0.3, 0.4) is 0 Å². The van der Waals surface area contributed by atoms with Gasteiger partial charge in [-0.05, 0) is 17.7 Å². The second-order valence-electron chi connectivity index (χ2n) is 3.04. The highest BCUT2D eigenvalue weighted by Gasteiger charge is 2.06. The minimum atomic E-state index is 0.486. The lowest BCUT2D eigenvalue weighted by Crippen LogP contribution is -1.85. The molecular weight excluding hydrogens is 192 g/mol. The standard InChI is InChI=1S/C11H10N2O2/c1-15-9-4-2-8(3-5-9)10-6-12-13-11(10)7-14/h2-7H,1H3,(H,12,13). The zero-order chi connectivity index (χ0) is 10.7. The molecule has 0 radical (unpaired) electrons. The van der Waals surface area contributed by atoms with Gasteiger partial charge in [-0.1, -0.05) is 12.1 Å². The summed E-state index contributed by atoms with van der Waals surface area (Å²) < 4.78 is 5.05. The number of aromatic amines is 1. The molecule has 1 aromatic heterocycles. The number of nitrogens with one attached hydrogen (secondary N) is 1. The van der Waals surface area contributed by atoms with Crippen molar-refractivity contribution >= 4 is 6.29 Å². The number of ether oxygens (including phenoxy) is 1. The van der Waals surface area contributed by atoms with Crippen LogP contribution in [0.1, 0.15) is 10.5 Å². The Morgan fingerprint density at radius 3 is 2.67 bits per heavy atom. The van der Waals surface area contributed by atoms with Crippen molar-refractivity contribution < 1.29 is 9.53 Å². The number of nitrogens with zero attached hydrogens (tertiary/aromatic N) is 1. The fraction of sp³-hybridized carbons (Fsp3) is 0.0909. The minimum absolute atomic E-state index is 0.486. The van der Waals surface area contributed by atoms with Crippen LogP contribution in [-0.4, -0.2) is 23.6 Å². The first-order valence-corrected chi connectivity index (χ1v) is 4.48. The molecule has 0 aliphatic rings. The summed E-state index contributed by atoms with van der Waals surface area (Å²) in [5.41, 5.74) is 2.22. The van der Waals surface area contributed by atoms with Gasteiger partial charge in [0.25, 0.3) is 0 Å². The van der Waals surface area contributed by atoms with Crippen molar-refractivity contribution in [1.29, 1.82) is 0 Å². The molecule has 0 bridgehead atoms. The number of methoxy groups -OCH3 is 1. The first-order valence-electron chi connectivity index (χ1n) is 4.48. The molecule has 2 rings (SSSR count). The number of carbonyl (C=O) groups is 1. The van der Waals surface area contributed by atoms with Crippen molar-refractivity contribution in [2.24, 2.45) is 0 Å². The molecule has 0 atom stereocenters. The number of hydrogen-bond donors (Lipinski definition) is 1. The molecule has 0 aliphatic carbocycles. The lowest BCUT2D eigenvalue weighted by Gasteiger charge is -2.01. The molecule has 4 nitrogen and oxygen atoms in total. The van der Waals surface area contributed by atoms with Crippen molar-refractivity contribution in [1.82, 2.24) is 10.2 Å². The summed E-state index contributed by atoms with van der Waals surface area (Å²) in [4.78, 5) is 10.7. The summed E-state index contributed by atoms with van der Waals surface area (Å²) >= 11 is 0. The van der Waals surface area contributed by atoms with E-state index in [2.05, 4.69) is 10.2 Å². The van der Waals surface area contributed by atoms with Crippen LogP contribution in [0.5, 0.6) is 5.75 Å². The molecule has 0 unspecified atom stereocenters. The van der Waals surface area contributed by atoms with E-state index in [4.69, 9.17) is 4.74 Å². The van der Waals surface area contributed by atoms with Gasteiger partial charge >= 0.3 is 0 Å². The topological polar surface area (TPSA) is 55.0 Å². The lowest BCUT2D eigenvalue weighted by molar-refractivity contribution is 0.111. The molecule has 1 N–H and O–H groups in total. The zero-order valence-corrected chi connectivity index (χ0v) is 8.23. The van der Waals surface area contributed by atoms with E-state index < -0.39 is 0 Å². The van der Waals surface area contributed by atoms with Gasteiger partial charge in [-0.25, -0.2) is 0 Å². The average molecular weight is 202 g/mol. The first kappa shape index (κ1) is 9.45. The van der Waals surface area contributed by atoms with Crippen LogP contribution in [0.25, 0.3) is 11.1 Å². The van der Waals surface area contributed by atoms with Crippen LogP contribution in [0.2, 0.25) is 0 Å². The number of rotatable bonds is 3. The number of carbonyl (C=O) groups excluding carboxylic acids is 1. The summed E-state index contributed by atoms with van der Waals surface area (Å²) in [6.45, 7) is 0. The Balaban J connectivity index is 2.41. The van der Waals surface area contributed by atoms with Gasteiger partial charge in [0, 0.05) is 5.56 Å². The van der Waals surface area contributed by atoms with Crippen molar-refractivity contribution in [2.45, 2.75) is 0 Å². The van der Waals surface area contributed by atoms with E-state index in [-0.39, 0.29) is 0 Å². The molecule has 0 amide bonds. The van der Waals surface area contributed by atoms with E-state index in [0.717, 1.165) is 23.2 Å². The van der Waals surface area contributed by atoms with E-state index in [1.54, 1.807) is 13.3 Å². The molecule has 0 spiro atoms. The van der Waals surface area contributed by atoms with E-state index >= 15 is 0 Å². The molecule has 0 aliphatic heterocycles. The Labute approximate surface area is 86.9 Å². The van der Waals surface area contributed by atoms with Gasteiger partial charge in [-0.15, -0.1) is 0 Å². The second-order valence-corrected chi connectivity index (χ2v) is 3.04. The monoisotopic (exact) mass is 202 g/mol. The Kier molecular flexibility index (Phi) is 2.49. The normalized spacial score (nSPS) is 9.93. The van der Waals surface area contributed by atoms with Crippen molar-refractivity contribution in [3.8, 4) is 16.9 Å². The summed E-state index contributed by atoms with van der Waals surface area (Å²) in [5.74, 6) is 0.787. The van der Waals surface area contributed by atoms with E-state index in [9.17, 15) is 4.79 Å². The molecular formula is C11H10N2O2. The Hall–Kier alpha value is -2.10. The minimum Gasteiger partial charge on any atom is -0.497 e. The molecule has 4 heteroatoms. The van der Waals surface area contributed by atoms with E-state index in [1.807, 2.05) is 24.3 Å². The first-order chi connectivity index (χ1) is 7.35. The number of benzene rings is 1. The molecule has 0 saturated carbocycles. The highest BCUT2D eigenvalue weighted by Crippen LogP contribution is 2.23. The maximum absolute atomic E-state index is 10.7. The van der Waals surface area contributed by atoms with Crippen molar-refractivity contribution in [3.05, 3.63) is 36.2 Å². The summed E-state index contributed by atoms with van der Waals surface area (Å²) in [7, 11) is 1.61. The van der Waals surface area contributed by atoms with Crippen LogP contribution in [-0.2, 0) is 0 Å². The third-order valence-electron chi connectivity index (χ3n) is 2.19. The molecule has 1 aromatic carbocycles. The Bertz CT molecular complexity index is 460. The van der Waals surface area contributed by atoms with Gasteiger partial charge in [0.15, 0.2) is 6.29 Å². The van der Waals surface area contributed by atoms with Crippen LogP contribution >= 0.6 is 0 Å². The van der Waals surface area contributed by atoms with Gasteiger partial charge < -0.3 is 4.74 Å². The van der Waals surface area contributed by atoms with Crippen LogP contribution in [0.4, 0.5) is 0 Å². The van der Waals surface area contributed by atoms with E-state index in [1.165, 1.54) is 0 Å². The molecule has 0 saturated heterocycles. The third kappa shape index (κ3) is 1.74.